The molecule has 0 saturated heterocycles. The summed E-state index contributed by atoms with van der Waals surface area (Å²) in [4.78, 5) is 25.0. The zero-order chi connectivity index (χ0) is 15.7. The van der Waals surface area contributed by atoms with E-state index in [4.69, 9.17) is 5.73 Å². The molecule has 0 atom stereocenters. The summed E-state index contributed by atoms with van der Waals surface area (Å²) < 4.78 is 0. The molecule has 7 heteroatoms. The minimum Gasteiger partial charge on any atom is -0.392 e. The molecule has 4 N–H and O–H groups in total. The second kappa shape index (κ2) is 8.91. The minimum atomic E-state index is -0.723. The lowest BCUT2D eigenvalue weighted by Crippen LogP contribution is -2.43. The topological polar surface area (TPSA) is 87.5 Å². The van der Waals surface area contributed by atoms with Crippen LogP contribution in [-0.2, 0) is 9.59 Å². The van der Waals surface area contributed by atoms with Crippen LogP contribution in [0.25, 0.3) is 0 Å². The quantitative estimate of drug-likeness (QED) is 0.376. The van der Waals surface area contributed by atoms with Crippen molar-refractivity contribution in [2.45, 2.75) is 6.42 Å². The number of hydrogen-bond acceptors (Lipinski definition) is 4. The third-order valence-electron chi connectivity index (χ3n) is 2.78. The Morgan fingerprint density at radius 2 is 1.81 bits per heavy atom. The van der Waals surface area contributed by atoms with Crippen molar-refractivity contribution in [1.29, 1.82) is 0 Å². The third-order valence-corrected chi connectivity index (χ3v) is 2.93. The SMILES string of the molecule is CN(CCCNC(=O)C(=O)NCC(N)=S)c1ccccc1. The van der Waals surface area contributed by atoms with E-state index in [1.807, 2.05) is 37.4 Å². The molecule has 6 nitrogen and oxygen atoms in total. The predicted molar refractivity (Wildman–Crippen MR) is 87.1 cm³/mol. The second-order valence-electron chi connectivity index (χ2n) is 4.52. The highest BCUT2D eigenvalue weighted by atomic mass is 32.1. The first-order valence-corrected chi connectivity index (χ1v) is 7.02. The number of carbonyl (C=O) groups is 2. The summed E-state index contributed by atoms with van der Waals surface area (Å²) in [5, 5.41) is 4.88. The van der Waals surface area contributed by atoms with E-state index in [1.165, 1.54) is 0 Å². The van der Waals surface area contributed by atoms with Gasteiger partial charge < -0.3 is 21.3 Å². The van der Waals surface area contributed by atoms with Gasteiger partial charge in [0, 0.05) is 25.8 Å². The van der Waals surface area contributed by atoms with E-state index in [2.05, 4.69) is 27.8 Å². The van der Waals surface area contributed by atoms with Crippen LogP contribution >= 0.6 is 12.2 Å². The normalized spacial score (nSPS) is 9.76. The number of para-hydroxylation sites is 1. The maximum Gasteiger partial charge on any atom is 0.309 e. The van der Waals surface area contributed by atoms with E-state index in [9.17, 15) is 9.59 Å². The Hall–Kier alpha value is -2.15. The van der Waals surface area contributed by atoms with Gasteiger partial charge in [-0.15, -0.1) is 0 Å². The fourth-order valence-corrected chi connectivity index (χ4v) is 1.73. The summed E-state index contributed by atoms with van der Waals surface area (Å²) in [7, 11) is 1.98. The van der Waals surface area contributed by atoms with Crippen LogP contribution in [0.15, 0.2) is 30.3 Å². The fraction of sp³-hybridized carbons (Fsp3) is 0.357. The molecule has 21 heavy (non-hydrogen) atoms. The Balaban J connectivity index is 2.20. The van der Waals surface area contributed by atoms with Crippen LogP contribution in [0.3, 0.4) is 0 Å². The number of benzene rings is 1. The fourth-order valence-electron chi connectivity index (χ4n) is 1.66. The molecule has 0 aliphatic rings. The predicted octanol–water partition coefficient (Wildman–Crippen LogP) is 0.0314. The smallest absolute Gasteiger partial charge is 0.309 e. The molecular weight excluding hydrogens is 288 g/mol. The average Bonchev–Trinajstić information content (AvgIpc) is 2.49. The van der Waals surface area contributed by atoms with E-state index < -0.39 is 11.8 Å². The van der Waals surface area contributed by atoms with Crippen molar-refractivity contribution in [2.24, 2.45) is 5.73 Å². The van der Waals surface area contributed by atoms with E-state index in [-0.39, 0.29) is 11.5 Å². The molecule has 0 fully saturated rings. The van der Waals surface area contributed by atoms with Gasteiger partial charge in [-0.05, 0) is 18.6 Å². The number of rotatable bonds is 7. The van der Waals surface area contributed by atoms with E-state index in [1.54, 1.807) is 0 Å². The molecule has 0 aliphatic carbocycles. The highest BCUT2D eigenvalue weighted by Crippen LogP contribution is 2.10. The highest BCUT2D eigenvalue weighted by molar-refractivity contribution is 7.80. The van der Waals surface area contributed by atoms with Gasteiger partial charge in [0.25, 0.3) is 0 Å². The number of thiocarbonyl (C=S) groups is 1. The molecule has 0 unspecified atom stereocenters. The molecule has 114 valence electrons. The van der Waals surface area contributed by atoms with Crippen LogP contribution in [0, 0.1) is 0 Å². The standard InChI is InChI=1S/C14H20N4O2S/c1-18(11-6-3-2-4-7-11)9-5-8-16-13(19)14(20)17-10-12(15)21/h2-4,6-7H,5,8-10H2,1H3,(H2,15,21)(H,16,19)(H,17,20). The Morgan fingerprint density at radius 3 is 2.43 bits per heavy atom. The Kier molecular flexibility index (Phi) is 7.17. The first-order valence-electron chi connectivity index (χ1n) is 6.61. The van der Waals surface area contributed by atoms with Crippen molar-refractivity contribution < 1.29 is 9.59 Å². The van der Waals surface area contributed by atoms with Crippen molar-refractivity contribution in [1.82, 2.24) is 10.6 Å². The first kappa shape index (κ1) is 16.9. The second-order valence-corrected chi connectivity index (χ2v) is 5.04. The summed E-state index contributed by atoms with van der Waals surface area (Å²) in [6, 6.07) is 9.94. The summed E-state index contributed by atoms with van der Waals surface area (Å²) in [6.07, 6.45) is 0.736. The van der Waals surface area contributed by atoms with E-state index >= 15 is 0 Å². The molecule has 0 spiro atoms. The maximum absolute atomic E-state index is 11.4. The lowest BCUT2D eigenvalue weighted by molar-refractivity contribution is -0.139. The number of anilines is 1. The zero-order valence-electron chi connectivity index (χ0n) is 12.0. The van der Waals surface area contributed by atoms with Gasteiger partial charge in [0.1, 0.15) is 0 Å². The van der Waals surface area contributed by atoms with Crippen LogP contribution in [0.4, 0.5) is 5.69 Å². The number of amides is 2. The van der Waals surface area contributed by atoms with Crippen molar-refractivity contribution in [3.63, 3.8) is 0 Å². The zero-order valence-corrected chi connectivity index (χ0v) is 12.8. The molecule has 0 heterocycles. The van der Waals surface area contributed by atoms with Crippen molar-refractivity contribution in [2.75, 3.05) is 31.6 Å². The van der Waals surface area contributed by atoms with Gasteiger partial charge >= 0.3 is 11.8 Å². The number of nitrogens with two attached hydrogens (primary N) is 1. The number of nitrogens with zero attached hydrogens (tertiary/aromatic N) is 1. The summed E-state index contributed by atoms with van der Waals surface area (Å²) >= 11 is 4.61. The molecule has 1 rings (SSSR count). The van der Waals surface area contributed by atoms with Gasteiger partial charge in [-0.1, -0.05) is 30.4 Å². The highest BCUT2D eigenvalue weighted by Gasteiger charge is 2.12. The summed E-state index contributed by atoms with van der Waals surface area (Å²) in [5.41, 5.74) is 6.34. The van der Waals surface area contributed by atoms with Gasteiger partial charge in [-0.25, -0.2) is 0 Å². The molecule has 0 bridgehead atoms. The number of carbonyl (C=O) groups excluding carboxylic acids is 2. The van der Waals surface area contributed by atoms with Gasteiger partial charge in [0.05, 0.1) is 11.5 Å². The summed E-state index contributed by atoms with van der Waals surface area (Å²) in [5.74, 6) is -1.40. The number of hydrogen-bond donors (Lipinski definition) is 3. The largest absolute Gasteiger partial charge is 0.392 e. The Labute approximate surface area is 129 Å². The molecule has 0 saturated carbocycles. The van der Waals surface area contributed by atoms with E-state index in [0.29, 0.717) is 6.54 Å². The van der Waals surface area contributed by atoms with Crippen molar-refractivity contribution >= 4 is 34.7 Å². The van der Waals surface area contributed by atoms with E-state index in [0.717, 1.165) is 18.7 Å². The Morgan fingerprint density at radius 1 is 1.19 bits per heavy atom. The van der Waals surface area contributed by atoms with Gasteiger partial charge in [-0.2, -0.15) is 0 Å². The summed E-state index contributed by atoms with van der Waals surface area (Å²) in [6.45, 7) is 1.23. The van der Waals surface area contributed by atoms with Gasteiger partial charge in [0.2, 0.25) is 0 Å². The Bertz CT molecular complexity index is 493. The first-order chi connectivity index (χ1) is 10.0. The minimum absolute atomic E-state index is 0.0261. The van der Waals surface area contributed by atoms with Crippen molar-refractivity contribution in [3.05, 3.63) is 30.3 Å². The molecule has 1 aromatic carbocycles. The molecule has 0 radical (unpaired) electrons. The molecular formula is C14H20N4O2S. The third kappa shape index (κ3) is 6.71. The van der Waals surface area contributed by atoms with Crippen LogP contribution in [-0.4, -0.2) is 43.5 Å². The number of nitrogens with one attached hydrogen (secondary N) is 2. The molecule has 2 amide bonds. The van der Waals surface area contributed by atoms with Gasteiger partial charge in [-0.3, -0.25) is 9.59 Å². The van der Waals surface area contributed by atoms with Crippen molar-refractivity contribution in [3.8, 4) is 0 Å². The van der Waals surface area contributed by atoms with Crippen LogP contribution in [0.5, 0.6) is 0 Å². The molecule has 0 aliphatic heterocycles. The molecule has 0 aromatic heterocycles. The van der Waals surface area contributed by atoms with Crippen LogP contribution in [0.2, 0.25) is 0 Å². The molecule has 1 aromatic rings. The van der Waals surface area contributed by atoms with Gasteiger partial charge in [0.15, 0.2) is 0 Å². The average molecular weight is 308 g/mol. The lowest BCUT2D eigenvalue weighted by Gasteiger charge is -2.19. The maximum atomic E-state index is 11.4. The monoisotopic (exact) mass is 308 g/mol. The van der Waals surface area contributed by atoms with Crippen LogP contribution in [0.1, 0.15) is 6.42 Å². The van der Waals surface area contributed by atoms with Crippen LogP contribution < -0.4 is 21.3 Å². The lowest BCUT2D eigenvalue weighted by atomic mass is 10.3.